The Labute approximate surface area is 181 Å². The molecule has 0 spiro atoms. The van der Waals surface area contributed by atoms with E-state index in [0.717, 1.165) is 18.5 Å². The van der Waals surface area contributed by atoms with Gasteiger partial charge in [0, 0.05) is 48.8 Å². The lowest BCUT2D eigenvalue weighted by Gasteiger charge is -2.31. The summed E-state index contributed by atoms with van der Waals surface area (Å²) >= 11 is 0. The van der Waals surface area contributed by atoms with E-state index in [1.54, 1.807) is 0 Å². The van der Waals surface area contributed by atoms with Gasteiger partial charge in [-0.2, -0.15) is 0 Å². The zero-order valence-corrected chi connectivity index (χ0v) is 18.2. The lowest BCUT2D eigenvalue weighted by molar-refractivity contribution is -0.384. The van der Waals surface area contributed by atoms with E-state index in [0.29, 0.717) is 18.7 Å². The van der Waals surface area contributed by atoms with Gasteiger partial charge < -0.3 is 19.7 Å². The molecule has 1 N–H and O–H groups in total. The Bertz CT molecular complexity index is 936. The Morgan fingerprint density at radius 3 is 2.45 bits per heavy atom. The second-order valence-corrected chi connectivity index (χ2v) is 7.98. The van der Waals surface area contributed by atoms with Gasteiger partial charge in [0.2, 0.25) is 5.91 Å². The number of carbonyl (C=O) groups is 2. The van der Waals surface area contributed by atoms with Crippen molar-refractivity contribution in [3.63, 3.8) is 0 Å². The third-order valence-corrected chi connectivity index (χ3v) is 5.71. The third-order valence-electron chi connectivity index (χ3n) is 5.71. The van der Waals surface area contributed by atoms with Crippen LogP contribution in [0.4, 0.5) is 16.2 Å². The van der Waals surface area contributed by atoms with Gasteiger partial charge in [0.05, 0.1) is 11.5 Å². The van der Waals surface area contributed by atoms with Crippen LogP contribution in [0.1, 0.15) is 38.8 Å². The zero-order chi connectivity index (χ0) is 22.5. The van der Waals surface area contributed by atoms with Crippen LogP contribution < -0.4 is 5.32 Å². The summed E-state index contributed by atoms with van der Waals surface area (Å²) in [5, 5.41) is 13.6. The zero-order valence-electron chi connectivity index (χ0n) is 18.2. The molecule has 1 aliphatic carbocycles. The van der Waals surface area contributed by atoms with Crippen molar-refractivity contribution < 1.29 is 14.5 Å². The van der Waals surface area contributed by atoms with Crippen LogP contribution in [0.25, 0.3) is 0 Å². The molecule has 0 aliphatic heterocycles. The van der Waals surface area contributed by atoms with Gasteiger partial charge in [0.25, 0.3) is 5.69 Å². The predicted octanol–water partition coefficient (Wildman–Crippen LogP) is 3.76. The van der Waals surface area contributed by atoms with E-state index in [4.69, 9.17) is 0 Å². The number of urea groups is 1. The van der Waals surface area contributed by atoms with Crippen molar-refractivity contribution >= 4 is 23.3 Å². The fraction of sp³-hybridized carbons (Fsp3) is 0.455. The van der Waals surface area contributed by atoms with Crippen LogP contribution in [0.3, 0.4) is 0 Å². The molecule has 0 bridgehead atoms. The predicted molar refractivity (Wildman–Crippen MR) is 118 cm³/mol. The number of carbonyl (C=O) groups excluding carboxylic acids is 2. The first kappa shape index (κ1) is 22.3. The maximum Gasteiger partial charge on any atom is 0.322 e. The SMILES string of the molecule is CC[C@H](C)N(CC(=O)N(Cc1cccn1C)C1CC1)C(=O)Nc1ccc([N+](=O)[O-])cc1. The third kappa shape index (κ3) is 5.62. The Morgan fingerprint density at radius 2 is 1.94 bits per heavy atom. The van der Waals surface area contributed by atoms with Crippen LogP contribution in [0, 0.1) is 10.1 Å². The average molecular weight is 428 g/mol. The highest BCUT2D eigenvalue weighted by atomic mass is 16.6. The molecule has 0 saturated heterocycles. The highest BCUT2D eigenvalue weighted by Crippen LogP contribution is 2.29. The molecule has 1 heterocycles. The van der Waals surface area contributed by atoms with Gasteiger partial charge >= 0.3 is 6.03 Å². The van der Waals surface area contributed by atoms with E-state index in [1.807, 2.05) is 48.7 Å². The minimum Gasteiger partial charge on any atom is -0.353 e. The number of nitrogens with zero attached hydrogens (tertiary/aromatic N) is 4. The van der Waals surface area contributed by atoms with Crippen molar-refractivity contribution in [2.24, 2.45) is 7.05 Å². The van der Waals surface area contributed by atoms with Gasteiger partial charge in [-0.25, -0.2) is 4.79 Å². The summed E-state index contributed by atoms with van der Waals surface area (Å²) in [5.41, 5.74) is 1.44. The Hall–Kier alpha value is -3.36. The Balaban J connectivity index is 1.70. The Kier molecular flexibility index (Phi) is 6.94. The van der Waals surface area contributed by atoms with Crippen LogP contribution >= 0.6 is 0 Å². The van der Waals surface area contributed by atoms with Gasteiger partial charge in [-0.1, -0.05) is 6.92 Å². The highest BCUT2D eigenvalue weighted by Gasteiger charge is 2.34. The number of nitro groups is 1. The number of amides is 3. The summed E-state index contributed by atoms with van der Waals surface area (Å²) in [7, 11) is 1.95. The van der Waals surface area contributed by atoms with Gasteiger partial charge in [-0.15, -0.1) is 0 Å². The maximum absolute atomic E-state index is 13.2. The molecule has 9 nitrogen and oxygen atoms in total. The Morgan fingerprint density at radius 1 is 1.26 bits per heavy atom. The van der Waals surface area contributed by atoms with Crippen LogP contribution in [-0.4, -0.2) is 49.9 Å². The number of nitrogens with one attached hydrogen (secondary N) is 1. The lowest BCUT2D eigenvalue weighted by atomic mass is 10.2. The largest absolute Gasteiger partial charge is 0.353 e. The first-order chi connectivity index (χ1) is 14.8. The molecular formula is C22H29N5O4. The molecular weight excluding hydrogens is 398 g/mol. The van der Waals surface area contributed by atoms with Gasteiger partial charge in [0.1, 0.15) is 6.54 Å². The first-order valence-electron chi connectivity index (χ1n) is 10.5. The number of benzene rings is 1. The van der Waals surface area contributed by atoms with Crippen molar-refractivity contribution in [1.29, 1.82) is 0 Å². The number of non-ortho nitro benzene ring substituents is 1. The van der Waals surface area contributed by atoms with E-state index in [9.17, 15) is 19.7 Å². The van der Waals surface area contributed by atoms with Gasteiger partial charge in [0.15, 0.2) is 0 Å². The van der Waals surface area contributed by atoms with E-state index in [1.165, 1.54) is 29.2 Å². The number of hydrogen-bond donors (Lipinski definition) is 1. The quantitative estimate of drug-likeness (QED) is 0.486. The molecule has 1 aromatic carbocycles. The molecule has 1 aliphatic rings. The highest BCUT2D eigenvalue weighted by molar-refractivity contribution is 5.92. The van der Waals surface area contributed by atoms with E-state index in [2.05, 4.69) is 5.32 Å². The van der Waals surface area contributed by atoms with Crippen molar-refractivity contribution in [1.82, 2.24) is 14.4 Å². The number of aryl methyl sites for hydroxylation is 1. The minimum absolute atomic E-state index is 0.0191. The number of aromatic nitrogens is 1. The summed E-state index contributed by atoms with van der Waals surface area (Å²) in [6.07, 6.45) is 4.61. The second-order valence-electron chi connectivity index (χ2n) is 7.98. The van der Waals surface area contributed by atoms with Crippen LogP contribution in [-0.2, 0) is 18.4 Å². The van der Waals surface area contributed by atoms with Crippen molar-refractivity contribution in [2.75, 3.05) is 11.9 Å². The normalized spacial score (nSPS) is 14.0. The fourth-order valence-electron chi connectivity index (χ4n) is 3.39. The van der Waals surface area contributed by atoms with Gasteiger partial charge in [-0.3, -0.25) is 14.9 Å². The fourth-order valence-corrected chi connectivity index (χ4v) is 3.39. The standard InChI is InChI=1S/C22H29N5O4/c1-4-16(2)25(22(29)23-17-7-9-19(10-8-17)27(30)31)15-21(28)26(18-11-12-18)14-20-6-5-13-24(20)3/h5-10,13,16,18H,4,11-12,14-15H2,1-3H3,(H,23,29)/t16-/m0/s1. The molecule has 3 rings (SSSR count). The van der Waals surface area contributed by atoms with Crippen LogP contribution in [0.5, 0.6) is 0 Å². The van der Waals surface area contributed by atoms with Crippen LogP contribution in [0.2, 0.25) is 0 Å². The molecule has 2 aromatic rings. The number of anilines is 1. The number of hydrogen-bond acceptors (Lipinski definition) is 4. The van der Waals surface area contributed by atoms with Crippen molar-refractivity contribution in [2.45, 2.75) is 51.7 Å². The van der Waals surface area contributed by atoms with Crippen LogP contribution in [0.15, 0.2) is 42.6 Å². The molecule has 1 aromatic heterocycles. The van der Waals surface area contributed by atoms with Crippen molar-refractivity contribution in [3.8, 4) is 0 Å². The van der Waals surface area contributed by atoms with E-state index < -0.39 is 11.0 Å². The molecule has 9 heteroatoms. The molecule has 1 atom stereocenters. The molecule has 0 radical (unpaired) electrons. The smallest absolute Gasteiger partial charge is 0.322 e. The lowest BCUT2D eigenvalue weighted by Crippen LogP contribution is -2.48. The maximum atomic E-state index is 13.2. The number of rotatable bonds is 9. The average Bonchev–Trinajstić information content (AvgIpc) is 3.51. The van der Waals surface area contributed by atoms with Crippen molar-refractivity contribution in [3.05, 3.63) is 58.4 Å². The summed E-state index contributed by atoms with van der Waals surface area (Å²) < 4.78 is 2.00. The summed E-state index contributed by atoms with van der Waals surface area (Å²) in [5.74, 6) is -0.0807. The topological polar surface area (TPSA) is 101 Å². The summed E-state index contributed by atoms with van der Waals surface area (Å²) in [4.78, 5) is 39.9. The molecule has 1 saturated carbocycles. The molecule has 166 valence electrons. The van der Waals surface area contributed by atoms with Gasteiger partial charge in [-0.05, 0) is 50.5 Å². The minimum atomic E-state index is -0.491. The monoisotopic (exact) mass is 427 g/mol. The van der Waals surface area contributed by atoms with E-state index >= 15 is 0 Å². The molecule has 31 heavy (non-hydrogen) atoms. The second kappa shape index (κ2) is 9.63. The molecule has 3 amide bonds. The number of nitro benzene ring substituents is 1. The molecule has 0 unspecified atom stereocenters. The summed E-state index contributed by atoms with van der Waals surface area (Å²) in [6, 6.07) is 9.27. The molecule has 1 fully saturated rings. The van der Waals surface area contributed by atoms with E-state index in [-0.39, 0.29) is 30.2 Å². The first-order valence-corrected chi connectivity index (χ1v) is 10.5. The summed E-state index contributed by atoms with van der Waals surface area (Å²) in [6.45, 7) is 4.37.